The SMILES string of the molecule is CCC(Br)C(C)c1ncc(Br)cc1C. The number of pyridine rings is 1. The lowest BCUT2D eigenvalue weighted by Crippen LogP contribution is -2.11. The summed E-state index contributed by atoms with van der Waals surface area (Å²) in [5.41, 5.74) is 2.45. The highest BCUT2D eigenvalue weighted by atomic mass is 79.9. The van der Waals surface area contributed by atoms with Crippen LogP contribution in [0.2, 0.25) is 0 Å². The standard InChI is InChI=1S/C11H15Br2N/c1-4-10(13)8(3)11-7(2)5-9(12)6-14-11/h5-6,8,10H,4H2,1-3H3. The summed E-state index contributed by atoms with van der Waals surface area (Å²) in [5.74, 6) is 0.466. The maximum atomic E-state index is 4.47. The third kappa shape index (κ3) is 2.80. The molecule has 0 saturated heterocycles. The normalized spacial score (nSPS) is 15.2. The Morgan fingerprint density at radius 2 is 2.14 bits per heavy atom. The number of hydrogen-bond donors (Lipinski definition) is 0. The van der Waals surface area contributed by atoms with E-state index in [1.807, 2.05) is 6.20 Å². The van der Waals surface area contributed by atoms with Crippen LogP contribution in [0.5, 0.6) is 0 Å². The number of aryl methyl sites for hydroxylation is 1. The highest BCUT2D eigenvalue weighted by molar-refractivity contribution is 9.10. The summed E-state index contributed by atoms with van der Waals surface area (Å²) in [5, 5.41) is 0. The molecule has 0 aliphatic rings. The topological polar surface area (TPSA) is 12.9 Å². The molecule has 1 aromatic rings. The van der Waals surface area contributed by atoms with Crippen molar-refractivity contribution in [2.24, 2.45) is 0 Å². The Morgan fingerprint density at radius 3 is 2.64 bits per heavy atom. The van der Waals surface area contributed by atoms with Gasteiger partial charge in [-0.2, -0.15) is 0 Å². The maximum absolute atomic E-state index is 4.47. The fourth-order valence-corrected chi connectivity index (χ4v) is 2.25. The maximum Gasteiger partial charge on any atom is 0.0472 e. The van der Waals surface area contributed by atoms with Crippen molar-refractivity contribution in [3.05, 3.63) is 28.0 Å². The second-order valence-corrected chi connectivity index (χ2v) is 5.66. The van der Waals surface area contributed by atoms with Crippen LogP contribution < -0.4 is 0 Å². The number of alkyl halides is 1. The lowest BCUT2D eigenvalue weighted by Gasteiger charge is -2.18. The third-order valence-corrected chi connectivity index (χ3v) is 4.32. The zero-order chi connectivity index (χ0) is 10.7. The van der Waals surface area contributed by atoms with E-state index in [-0.39, 0.29) is 0 Å². The van der Waals surface area contributed by atoms with Crippen molar-refractivity contribution in [1.29, 1.82) is 0 Å². The molecule has 0 bridgehead atoms. The van der Waals surface area contributed by atoms with E-state index in [0.717, 1.165) is 10.9 Å². The minimum Gasteiger partial charge on any atom is -0.260 e. The van der Waals surface area contributed by atoms with Crippen LogP contribution in [0.25, 0.3) is 0 Å². The lowest BCUT2D eigenvalue weighted by molar-refractivity contribution is 0.670. The summed E-state index contributed by atoms with van der Waals surface area (Å²) < 4.78 is 1.05. The van der Waals surface area contributed by atoms with Crippen molar-refractivity contribution in [2.75, 3.05) is 0 Å². The summed E-state index contributed by atoms with van der Waals surface area (Å²) in [6.45, 7) is 6.51. The molecular weight excluding hydrogens is 306 g/mol. The Hall–Kier alpha value is 0.110. The number of hydrogen-bond acceptors (Lipinski definition) is 1. The first kappa shape index (κ1) is 12.2. The Kier molecular flexibility index (Phi) is 4.58. The second kappa shape index (κ2) is 5.26. The van der Waals surface area contributed by atoms with E-state index in [1.54, 1.807) is 0 Å². The van der Waals surface area contributed by atoms with Crippen molar-refractivity contribution in [3.63, 3.8) is 0 Å². The molecule has 1 heterocycles. The van der Waals surface area contributed by atoms with Gasteiger partial charge in [0.2, 0.25) is 0 Å². The van der Waals surface area contributed by atoms with Crippen LogP contribution in [-0.2, 0) is 0 Å². The van der Waals surface area contributed by atoms with Gasteiger partial charge in [0.1, 0.15) is 0 Å². The third-order valence-electron chi connectivity index (χ3n) is 2.45. The molecule has 0 fully saturated rings. The molecule has 14 heavy (non-hydrogen) atoms. The van der Waals surface area contributed by atoms with Crippen LogP contribution in [0.15, 0.2) is 16.7 Å². The first-order valence-electron chi connectivity index (χ1n) is 4.82. The molecule has 0 N–H and O–H groups in total. The molecule has 0 aromatic carbocycles. The Balaban J connectivity index is 2.95. The smallest absolute Gasteiger partial charge is 0.0472 e. The molecule has 0 radical (unpaired) electrons. The Labute approximate surface area is 103 Å². The van der Waals surface area contributed by atoms with Gasteiger partial charge in [-0.3, -0.25) is 4.98 Å². The number of rotatable bonds is 3. The molecule has 1 rings (SSSR count). The zero-order valence-electron chi connectivity index (χ0n) is 8.72. The molecular formula is C11H15Br2N. The van der Waals surface area contributed by atoms with Crippen molar-refractivity contribution in [3.8, 4) is 0 Å². The van der Waals surface area contributed by atoms with E-state index in [4.69, 9.17) is 0 Å². The van der Waals surface area contributed by atoms with E-state index in [1.165, 1.54) is 11.3 Å². The summed E-state index contributed by atoms with van der Waals surface area (Å²) in [6, 6.07) is 2.12. The van der Waals surface area contributed by atoms with E-state index in [9.17, 15) is 0 Å². The van der Waals surface area contributed by atoms with Crippen LogP contribution in [0.3, 0.4) is 0 Å². The van der Waals surface area contributed by atoms with E-state index in [0.29, 0.717) is 10.7 Å². The average molecular weight is 321 g/mol. The molecule has 1 aromatic heterocycles. The van der Waals surface area contributed by atoms with E-state index >= 15 is 0 Å². The molecule has 78 valence electrons. The van der Waals surface area contributed by atoms with E-state index < -0.39 is 0 Å². The van der Waals surface area contributed by atoms with Gasteiger partial charge >= 0.3 is 0 Å². The highest BCUT2D eigenvalue weighted by Gasteiger charge is 2.17. The summed E-state index contributed by atoms with van der Waals surface area (Å²) in [6.07, 6.45) is 2.99. The molecule has 3 heteroatoms. The molecule has 0 aliphatic carbocycles. The monoisotopic (exact) mass is 319 g/mol. The number of aromatic nitrogens is 1. The molecule has 0 saturated carbocycles. The quantitative estimate of drug-likeness (QED) is 0.751. The minimum atomic E-state index is 0.466. The summed E-state index contributed by atoms with van der Waals surface area (Å²) in [7, 11) is 0. The predicted octanol–water partition coefficient (Wildman–Crippen LogP) is 4.43. The molecule has 0 amide bonds. The lowest BCUT2D eigenvalue weighted by atomic mass is 9.98. The van der Waals surface area contributed by atoms with Gasteiger partial charge in [-0.25, -0.2) is 0 Å². The first-order valence-corrected chi connectivity index (χ1v) is 6.53. The predicted molar refractivity (Wildman–Crippen MR) is 68.1 cm³/mol. The number of halogens is 2. The summed E-state index contributed by atoms with van der Waals surface area (Å²) in [4.78, 5) is 4.98. The van der Waals surface area contributed by atoms with Crippen molar-refractivity contribution >= 4 is 31.9 Å². The van der Waals surface area contributed by atoms with Gasteiger partial charge in [-0.05, 0) is 40.9 Å². The van der Waals surface area contributed by atoms with Crippen molar-refractivity contribution < 1.29 is 0 Å². The van der Waals surface area contributed by atoms with Gasteiger partial charge in [0.25, 0.3) is 0 Å². The Bertz CT molecular complexity index is 312. The fraction of sp³-hybridized carbons (Fsp3) is 0.545. The molecule has 2 unspecified atom stereocenters. The molecule has 0 aliphatic heterocycles. The molecule has 2 atom stereocenters. The fourth-order valence-electron chi connectivity index (χ4n) is 1.55. The molecule has 1 nitrogen and oxygen atoms in total. The minimum absolute atomic E-state index is 0.466. The van der Waals surface area contributed by atoms with Crippen molar-refractivity contribution in [2.45, 2.75) is 37.9 Å². The van der Waals surface area contributed by atoms with Gasteiger partial charge in [0, 0.05) is 27.1 Å². The van der Waals surface area contributed by atoms with Crippen LogP contribution in [-0.4, -0.2) is 9.81 Å². The van der Waals surface area contributed by atoms with E-state index in [2.05, 4.69) is 63.7 Å². The highest BCUT2D eigenvalue weighted by Crippen LogP contribution is 2.28. The zero-order valence-corrected chi connectivity index (χ0v) is 11.9. The van der Waals surface area contributed by atoms with Crippen LogP contribution in [0.1, 0.15) is 37.4 Å². The van der Waals surface area contributed by atoms with Gasteiger partial charge in [0.15, 0.2) is 0 Å². The summed E-state index contributed by atoms with van der Waals surface area (Å²) >= 11 is 7.11. The van der Waals surface area contributed by atoms with Gasteiger partial charge in [0.05, 0.1) is 0 Å². The van der Waals surface area contributed by atoms with Crippen LogP contribution in [0, 0.1) is 6.92 Å². The van der Waals surface area contributed by atoms with Crippen LogP contribution in [0.4, 0.5) is 0 Å². The average Bonchev–Trinajstić information content (AvgIpc) is 2.15. The van der Waals surface area contributed by atoms with Gasteiger partial charge in [-0.15, -0.1) is 0 Å². The van der Waals surface area contributed by atoms with Gasteiger partial charge in [-0.1, -0.05) is 29.8 Å². The second-order valence-electron chi connectivity index (χ2n) is 3.57. The largest absolute Gasteiger partial charge is 0.260 e. The van der Waals surface area contributed by atoms with Crippen molar-refractivity contribution in [1.82, 2.24) is 4.98 Å². The van der Waals surface area contributed by atoms with Crippen LogP contribution >= 0.6 is 31.9 Å². The van der Waals surface area contributed by atoms with Gasteiger partial charge < -0.3 is 0 Å². The number of nitrogens with zero attached hydrogens (tertiary/aromatic N) is 1. The first-order chi connectivity index (χ1) is 6.56. The Morgan fingerprint density at radius 1 is 1.50 bits per heavy atom. The molecule has 0 spiro atoms.